The van der Waals surface area contributed by atoms with Gasteiger partial charge in [0.05, 0.1) is 11.1 Å². The molecule has 0 amide bonds. The fraction of sp³-hybridized carbons (Fsp3) is 0.222. The SMILES string of the molecule is O=Cc1cc(Br)cc(C(F)(F)CF)c1O. The van der Waals surface area contributed by atoms with Crippen LogP contribution < -0.4 is 0 Å². The number of aromatic hydroxyl groups is 1. The van der Waals surface area contributed by atoms with Gasteiger partial charge in [0, 0.05) is 4.47 Å². The van der Waals surface area contributed by atoms with Crippen molar-refractivity contribution in [3.8, 4) is 5.75 Å². The zero-order chi connectivity index (χ0) is 11.6. The highest BCUT2D eigenvalue weighted by molar-refractivity contribution is 9.10. The molecule has 0 heterocycles. The molecule has 2 nitrogen and oxygen atoms in total. The highest BCUT2D eigenvalue weighted by atomic mass is 79.9. The lowest BCUT2D eigenvalue weighted by Gasteiger charge is -2.15. The van der Waals surface area contributed by atoms with Crippen molar-refractivity contribution in [2.45, 2.75) is 5.92 Å². The van der Waals surface area contributed by atoms with Gasteiger partial charge in [-0.2, -0.15) is 8.78 Å². The van der Waals surface area contributed by atoms with Crippen LogP contribution in [0.3, 0.4) is 0 Å². The fourth-order valence-electron chi connectivity index (χ4n) is 1.06. The van der Waals surface area contributed by atoms with Crippen molar-refractivity contribution in [1.82, 2.24) is 0 Å². The highest BCUT2D eigenvalue weighted by Gasteiger charge is 2.35. The Morgan fingerprint density at radius 3 is 2.53 bits per heavy atom. The van der Waals surface area contributed by atoms with Crippen LogP contribution in [0.2, 0.25) is 0 Å². The van der Waals surface area contributed by atoms with E-state index >= 15 is 0 Å². The van der Waals surface area contributed by atoms with E-state index in [1.165, 1.54) is 6.07 Å². The van der Waals surface area contributed by atoms with Gasteiger partial charge in [0.1, 0.15) is 5.75 Å². The standard InChI is InChI=1S/C9H6BrF3O2/c10-6-1-5(3-14)8(15)7(2-6)9(12,13)4-11/h1-3,15H,4H2. The smallest absolute Gasteiger partial charge is 0.304 e. The number of carbonyl (C=O) groups excluding carboxylic acids is 1. The molecule has 0 aromatic heterocycles. The molecule has 1 rings (SSSR count). The largest absolute Gasteiger partial charge is 0.507 e. The zero-order valence-electron chi connectivity index (χ0n) is 7.31. The maximum absolute atomic E-state index is 13.0. The predicted octanol–water partition coefficient (Wildman–Crippen LogP) is 3.03. The predicted molar refractivity (Wildman–Crippen MR) is 51.1 cm³/mol. The molecule has 0 saturated heterocycles. The summed E-state index contributed by atoms with van der Waals surface area (Å²) in [4.78, 5) is 10.4. The van der Waals surface area contributed by atoms with Gasteiger partial charge < -0.3 is 5.11 Å². The van der Waals surface area contributed by atoms with Crippen molar-refractivity contribution in [3.05, 3.63) is 27.7 Å². The zero-order valence-corrected chi connectivity index (χ0v) is 8.89. The summed E-state index contributed by atoms with van der Waals surface area (Å²) in [5, 5.41) is 9.28. The fourth-order valence-corrected chi connectivity index (χ4v) is 1.54. The Morgan fingerprint density at radius 1 is 1.47 bits per heavy atom. The molecule has 0 spiro atoms. The maximum atomic E-state index is 13.0. The van der Waals surface area contributed by atoms with Crippen LogP contribution in [-0.2, 0) is 5.92 Å². The number of hydrogen-bond acceptors (Lipinski definition) is 2. The molecule has 15 heavy (non-hydrogen) atoms. The van der Waals surface area contributed by atoms with Crippen LogP contribution in [0, 0.1) is 0 Å². The van der Waals surface area contributed by atoms with Crippen molar-refractivity contribution in [3.63, 3.8) is 0 Å². The van der Waals surface area contributed by atoms with Gasteiger partial charge in [-0.25, -0.2) is 4.39 Å². The minimum absolute atomic E-state index is 0.172. The number of carbonyl (C=O) groups is 1. The lowest BCUT2D eigenvalue weighted by atomic mass is 10.0. The number of halogens is 4. The van der Waals surface area contributed by atoms with Crippen LogP contribution in [0.15, 0.2) is 16.6 Å². The minimum Gasteiger partial charge on any atom is -0.507 e. The molecule has 0 unspecified atom stereocenters. The summed E-state index contributed by atoms with van der Waals surface area (Å²) in [6, 6.07) is 2.04. The number of phenolic OH excluding ortho intramolecular Hbond substituents is 1. The second-order valence-electron chi connectivity index (χ2n) is 2.85. The van der Waals surface area contributed by atoms with Gasteiger partial charge in [0.15, 0.2) is 13.0 Å². The molecule has 0 aliphatic rings. The van der Waals surface area contributed by atoms with Gasteiger partial charge in [-0.05, 0) is 12.1 Å². The van der Waals surface area contributed by atoms with Gasteiger partial charge in [-0.15, -0.1) is 0 Å². The van der Waals surface area contributed by atoms with Crippen molar-refractivity contribution in [1.29, 1.82) is 0 Å². The van der Waals surface area contributed by atoms with Crippen LogP contribution in [0.4, 0.5) is 13.2 Å². The van der Waals surface area contributed by atoms with Crippen LogP contribution in [-0.4, -0.2) is 18.1 Å². The first-order chi connectivity index (χ1) is 6.92. The molecule has 1 aromatic rings. The highest BCUT2D eigenvalue weighted by Crippen LogP contribution is 2.38. The van der Waals surface area contributed by atoms with Gasteiger partial charge in [0.25, 0.3) is 0 Å². The molecule has 0 aliphatic carbocycles. The summed E-state index contributed by atoms with van der Waals surface area (Å²) in [5.41, 5.74) is -1.21. The van der Waals surface area contributed by atoms with E-state index in [4.69, 9.17) is 0 Å². The molecule has 82 valence electrons. The molecule has 6 heteroatoms. The summed E-state index contributed by atoms with van der Waals surface area (Å²) in [6.45, 7) is -1.94. The second-order valence-corrected chi connectivity index (χ2v) is 3.76. The molecule has 1 N–H and O–H groups in total. The van der Waals surface area contributed by atoms with Gasteiger partial charge in [-0.1, -0.05) is 15.9 Å². The van der Waals surface area contributed by atoms with Gasteiger partial charge >= 0.3 is 5.92 Å². The first kappa shape index (κ1) is 12.0. The average molecular weight is 283 g/mol. The van der Waals surface area contributed by atoms with E-state index < -0.39 is 23.9 Å². The Morgan fingerprint density at radius 2 is 2.07 bits per heavy atom. The van der Waals surface area contributed by atoms with E-state index in [0.717, 1.165) is 6.07 Å². The lowest BCUT2D eigenvalue weighted by molar-refractivity contribution is -0.0299. The molecular weight excluding hydrogens is 277 g/mol. The summed E-state index contributed by atoms with van der Waals surface area (Å²) < 4.78 is 38.2. The Labute approximate surface area is 91.8 Å². The molecule has 0 atom stereocenters. The van der Waals surface area contributed by atoms with Crippen LogP contribution in [0.5, 0.6) is 5.75 Å². The first-order valence-electron chi connectivity index (χ1n) is 3.84. The molecule has 0 saturated carbocycles. The Hall–Kier alpha value is -1.04. The summed E-state index contributed by atoms with van der Waals surface area (Å²) in [5.74, 6) is -4.69. The van der Waals surface area contributed by atoms with Crippen LogP contribution >= 0.6 is 15.9 Å². The molecule has 0 fully saturated rings. The minimum atomic E-state index is -3.80. The number of hydrogen-bond donors (Lipinski definition) is 1. The number of aldehydes is 1. The Balaban J connectivity index is 3.42. The van der Waals surface area contributed by atoms with E-state index in [1.807, 2.05) is 0 Å². The Bertz CT molecular complexity index is 393. The Kier molecular flexibility index (Phi) is 3.38. The number of rotatable bonds is 3. The first-order valence-corrected chi connectivity index (χ1v) is 4.63. The number of alkyl halides is 3. The van der Waals surface area contributed by atoms with E-state index in [1.54, 1.807) is 0 Å². The van der Waals surface area contributed by atoms with E-state index in [2.05, 4.69) is 15.9 Å². The van der Waals surface area contributed by atoms with Gasteiger partial charge in [-0.3, -0.25) is 4.79 Å². The van der Waals surface area contributed by atoms with Crippen molar-refractivity contribution in [2.24, 2.45) is 0 Å². The molecule has 0 radical (unpaired) electrons. The lowest BCUT2D eigenvalue weighted by Crippen LogP contribution is -2.16. The quantitative estimate of drug-likeness (QED) is 0.866. The van der Waals surface area contributed by atoms with Crippen molar-refractivity contribution in [2.75, 3.05) is 6.67 Å². The molecular formula is C9H6BrF3O2. The van der Waals surface area contributed by atoms with Gasteiger partial charge in [0.2, 0.25) is 0 Å². The van der Waals surface area contributed by atoms with Crippen LogP contribution in [0.1, 0.15) is 15.9 Å². The molecule has 0 bridgehead atoms. The summed E-state index contributed by atoms with van der Waals surface area (Å²) in [7, 11) is 0. The monoisotopic (exact) mass is 282 g/mol. The normalized spacial score (nSPS) is 11.5. The van der Waals surface area contributed by atoms with E-state index in [0.29, 0.717) is 0 Å². The third kappa shape index (κ3) is 2.31. The second kappa shape index (κ2) is 4.22. The van der Waals surface area contributed by atoms with Crippen LogP contribution in [0.25, 0.3) is 0 Å². The maximum Gasteiger partial charge on any atom is 0.304 e. The van der Waals surface area contributed by atoms with E-state index in [9.17, 15) is 23.1 Å². The molecule has 1 aromatic carbocycles. The average Bonchev–Trinajstić information content (AvgIpc) is 2.20. The number of phenols is 1. The van der Waals surface area contributed by atoms with Crippen molar-refractivity contribution >= 4 is 22.2 Å². The molecule has 0 aliphatic heterocycles. The number of benzene rings is 1. The third-order valence-corrected chi connectivity index (χ3v) is 2.25. The van der Waals surface area contributed by atoms with E-state index in [-0.39, 0.29) is 16.3 Å². The third-order valence-electron chi connectivity index (χ3n) is 1.79. The van der Waals surface area contributed by atoms with Crippen molar-refractivity contribution < 1.29 is 23.1 Å². The topological polar surface area (TPSA) is 37.3 Å². The summed E-state index contributed by atoms with van der Waals surface area (Å²) >= 11 is 2.88. The summed E-state index contributed by atoms with van der Waals surface area (Å²) in [6.07, 6.45) is 0.220.